The van der Waals surface area contributed by atoms with E-state index in [0.717, 1.165) is 36.4 Å². The van der Waals surface area contributed by atoms with Gasteiger partial charge in [-0.15, -0.1) is 8.78 Å². The molecule has 43 heavy (non-hydrogen) atoms. The van der Waals surface area contributed by atoms with E-state index in [4.69, 9.17) is 0 Å². The second kappa shape index (κ2) is 10.8. The van der Waals surface area contributed by atoms with Crippen molar-refractivity contribution in [1.29, 1.82) is 0 Å². The molecular formula is C22H11F20S+. The number of halogens is 20. The molecule has 0 fully saturated rings. The highest BCUT2D eigenvalue weighted by Crippen LogP contribution is 2.66. The van der Waals surface area contributed by atoms with Crippen molar-refractivity contribution in [1.82, 2.24) is 0 Å². The van der Waals surface area contributed by atoms with Gasteiger partial charge in [0, 0.05) is 0 Å². The molecule has 0 unspecified atom stereocenters. The van der Waals surface area contributed by atoms with E-state index in [0.29, 0.717) is 24.3 Å². The maximum atomic E-state index is 15.2. The van der Waals surface area contributed by atoms with Gasteiger partial charge in [0.1, 0.15) is 10.9 Å². The summed E-state index contributed by atoms with van der Waals surface area (Å²) < 4.78 is 277. The van der Waals surface area contributed by atoms with Crippen molar-refractivity contribution in [2.24, 2.45) is 0 Å². The van der Waals surface area contributed by atoms with Crippen LogP contribution in [0.5, 0.6) is 0 Å². The van der Waals surface area contributed by atoms with Gasteiger partial charge >= 0.3 is 59.1 Å². The molecule has 0 heterocycles. The highest BCUT2D eigenvalue weighted by Gasteiger charge is 2.98. The highest BCUT2D eigenvalue weighted by molar-refractivity contribution is 7.98. The minimum atomic E-state index is -9.04. The molecular weight excluding hydrogens is 676 g/mol. The standard InChI is InChI=1S/C22H11F20S/c23-13(24)14(25,26)15(27,28)16(29,30)17(31,32)18(33,34)19(35,36)20(37,38)21(39,40)22(41,42)43(11-7-3-1-4-8-11)12-9-5-2-6-10-12/h1-10,13H/q+1. The molecule has 0 amide bonds. The maximum Gasteiger partial charge on any atom is 0.490 e. The van der Waals surface area contributed by atoms with Crippen molar-refractivity contribution in [2.75, 3.05) is 0 Å². The van der Waals surface area contributed by atoms with Gasteiger partial charge in [-0.25, -0.2) is 8.78 Å². The van der Waals surface area contributed by atoms with E-state index in [1.54, 1.807) is 0 Å². The summed E-state index contributed by atoms with van der Waals surface area (Å²) in [5.74, 6) is -68.5. The van der Waals surface area contributed by atoms with Crippen LogP contribution in [-0.4, -0.2) is 59.1 Å². The molecule has 2 aromatic rings. The molecule has 0 N–H and O–H groups in total. The van der Waals surface area contributed by atoms with Crippen LogP contribution in [0.15, 0.2) is 70.5 Å². The molecule has 0 aliphatic heterocycles. The van der Waals surface area contributed by atoms with Gasteiger partial charge in [-0.05, 0) is 24.3 Å². The second-order valence-corrected chi connectivity index (χ2v) is 10.5. The Hall–Kier alpha value is -2.61. The van der Waals surface area contributed by atoms with Gasteiger partial charge in [-0.3, -0.25) is 0 Å². The number of rotatable bonds is 12. The van der Waals surface area contributed by atoms with E-state index in [2.05, 4.69) is 0 Å². The zero-order valence-corrected chi connectivity index (χ0v) is 20.6. The van der Waals surface area contributed by atoms with Gasteiger partial charge in [0.15, 0.2) is 9.79 Å². The second-order valence-electron chi connectivity index (χ2n) is 8.39. The van der Waals surface area contributed by atoms with Crippen molar-refractivity contribution in [3.63, 3.8) is 0 Å². The first-order valence-corrected chi connectivity index (χ1v) is 11.8. The SMILES string of the molecule is FC(F)C(F)(F)C(F)(F)C(F)(F)C(F)(F)C(F)(F)C(F)(F)C(F)(F)C(F)(F)C(F)(F)[S+](c1ccccc1)c1ccccc1. The minimum Gasteiger partial charge on any atom is -0.203 e. The topological polar surface area (TPSA) is 0 Å². The molecule has 0 aliphatic carbocycles. The molecule has 0 saturated heterocycles. The molecule has 244 valence electrons. The van der Waals surface area contributed by atoms with E-state index in [1.807, 2.05) is 0 Å². The fourth-order valence-corrected chi connectivity index (χ4v) is 5.30. The third-order valence-corrected chi connectivity index (χ3v) is 7.89. The summed E-state index contributed by atoms with van der Waals surface area (Å²) in [6, 6.07) is 7.38. The van der Waals surface area contributed by atoms with E-state index in [9.17, 15) is 79.0 Å². The molecule has 0 atom stereocenters. The first-order chi connectivity index (χ1) is 19.0. The zero-order chi connectivity index (χ0) is 33.9. The van der Waals surface area contributed by atoms with Crippen LogP contribution in [0.4, 0.5) is 87.8 Å². The van der Waals surface area contributed by atoms with Crippen LogP contribution in [0, 0.1) is 0 Å². The number of hydrogen-bond acceptors (Lipinski definition) is 0. The predicted octanol–water partition coefficient (Wildman–Crippen LogP) is 9.66. The van der Waals surface area contributed by atoms with Gasteiger partial charge < -0.3 is 0 Å². The van der Waals surface area contributed by atoms with E-state index < -0.39 is 79.7 Å². The van der Waals surface area contributed by atoms with Crippen molar-refractivity contribution in [3.8, 4) is 0 Å². The monoisotopic (exact) mass is 687 g/mol. The van der Waals surface area contributed by atoms with Crippen LogP contribution in [-0.2, 0) is 10.9 Å². The summed E-state index contributed by atoms with van der Waals surface area (Å²) in [5, 5.41) is -6.72. The Morgan fingerprint density at radius 3 is 0.907 bits per heavy atom. The van der Waals surface area contributed by atoms with Crippen LogP contribution >= 0.6 is 0 Å². The van der Waals surface area contributed by atoms with Crippen LogP contribution < -0.4 is 0 Å². The predicted molar refractivity (Wildman–Crippen MR) is 107 cm³/mol. The third kappa shape index (κ3) is 4.96. The Kier molecular flexibility index (Phi) is 9.17. The fourth-order valence-electron chi connectivity index (χ4n) is 3.19. The summed E-state index contributed by atoms with van der Waals surface area (Å²) in [4.78, 5) is -2.18. The molecule has 21 heteroatoms. The lowest BCUT2D eigenvalue weighted by Crippen LogP contribution is -2.76. The lowest BCUT2D eigenvalue weighted by atomic mass is 9.87. The highest BCUT2D eigenvalue weighted by atomic mass is 32.2. The number of alkyl halides is 20. The minimum absolute atomic E-state index is 0.519. The molecule has 0 nitrogen and oxygen atoms in total. The number of benzene rings is 2. The molecule has 0 aliphatic rings. The summed E-state index contributed by atoms with van der Waals surface area (Å²) in [7, 11) is -3.89. The van der Waals surface area contributed by atoms with Gasteiger partial charge in [0.2, 0.25) is 0 Å². The van der Waals surface area contributed by atoms with Crippen molar-refractivity contribution in [2.45, 2.75) is 68.9 Å². The Morgan fingerprint density at radius 2 is 0.628 bits per heavy atom. The average Bonchev–Trinajstić information content (AvgIpc) is 2.88. The van der Waals surface area contributed by atoms with E-state index >= 15 is 8.78 Å². The van der Waals surface area contributed by atoms with Gasteiger partial charge in [-0.1, -0.05) is 36.4 Å². The molecule has 0 spiro atoms. The Labute approximate surface area is 229 Å². The van der Waals surface area contributed by atoms with Crippen LogP contribution in [0.1, 0.15) is 0 Å². The summed E-state index contributed by atoms with van der Waals surface area (Å²) in [6.45, 7) is 0. The molecule has 2 aromatic carbocycles. The molecule has 0 radical (unpaired) electrons. The first-order valence-electron chi connectivity index (χ1n) is 10.6. The molecule has 2 rings (SSSR count). The Balaban J connectivity index is 2.78. The van der Waals surface area contributed by atoms with E-state index in [-0.39, 0.29) is 0 Å². The van der Waals surface area contributed by atoms with Crippen LogP contribution in [0.25, 0.3) is 0 Å². The fraction of sp³-hybridized carbons (Fsp3) is 0.455. The largest absolute Gasteiger partial charge is 0.490 e. The van der Waals surface area contributed by atoms with Crippen molar-refractivity contribution in [3.05, 3.63) is 60.7 Å². The summed E-state index contributed by atoms with van der Waals surface area (Å²) in [5.41, 5.74) is 0. The van der Waals surface area contributed by atoms with Gasteiger partial charge in [0.25, 0.3) is 0 Å². The quantitative estimate of drug-likeness (QED) is 0.154. The lowest BCUT2D eigenvalue weighted by molar-refractivity contribution is -0.462. The molecule has 0 aromatic heterocycles. The summed E-state index contributed by atoms with van der Waals surface area (Å²) in [6.07, 6.45) is -6.10. The Bertz CT molecular complexity index is 1200. The first kappa shape index (κ1) is 36.6. The van der Waals surface area contributed by atoms with Crippen molar-refractivity contribution >= 4 is 10.9 Å². The van der Waals surface area contributed by atoms with Crippen LogP contribution in [0.2, 0.25) is 0 Å². The van der Waals surface area contributed by atoms with Crippen LogP contribution in [0.3, 0.4) is 0 Å². The molecule has 0 bridgehead atoms. The molecule has 0 saturated carbocycles. The smallest absolute Gasteiger partial charge is 0.203 e. The summed E-state index contributed by atoms with van der Waals surface area (Å²) >= 11 is 0. The normalized spacial score (nSPS) is 15.4. The van der Waals surface area contributed by atoms with Gasteiger partial charge in [0.05, 0.1) is 0 Å². The third-order valence-electron chi connectivity index (χ3n) is 5.64. The Morgan fingerprint density at radius 1 is 0.372 bits per heavy atom. The van der Waals surface area contributed by atoms with Gasteiger partial charge in [-0.2, -0.15) is 70.2 Å². The van der Waals surface area contributed by atoms with E-state index in [1.165, 1.54) is 0 Å². The maximum absolute atomic E-state index is 15.2. The average molecular weight is 687 g/mol. The lowest BCUT2D eigenvalue weighted by Gasteiger charge is -2.43. The van der Waals surface area contributed by atoms with Crippen molar-refractivity contribution < 1.29 is 87.8 Å². The number of hydrogen-bond donors (Lipinski definition) is 0. The zero-order valence-electron chi connectivity index (χ0n) is 19.8.